The van der Waals surface area contributed by atoms with Gasteiger partial charge >= 0.3 is 0 Å². The van der Waals surface area contributed by atoms with E-state index in [-0.39, 0.29) is 0 Å². The first-order chi connectivity index (χ1) is 10.2. The van der Waals surface area contributed by atoms with E-state index in [2.05, 4.69) is 66.4 Å². The highest BCUT2D eigenvalue weighted by atomic mass is 15.4. The standard InChI is InChI=1S/C17H24N4/c1-5-15-9-11-16(12-10-15)13-21(8-4)17(19-14-18)20(6-2)7-3/h5,9-12H,1,6-8,13H2,2-4H3. The lowest BCUT2D eigenvalue weighted by Crippen LogP contribution is -2.43. The Morgan fingerprint density at radius 2 is 1.71 bits per heavy atom. The van der Waals surface area contributed by atoms with Gasteiger partial charge in [-0.15, -0.1) is 4.99 Å². The Balaban J connectivity index is 2.95. The van der Waals surface area contributed by atoms with Crippen LogP contribution in [0.15, 0.2) is 35.8 Å². The zero-order chi connectivity index (χ0) is 15.7. The molecule has 4 heteroatoms. The molecule has 0 saturated heterocycles. The van der Waals surface area contributed by atoms with E-state index in [4.69, 9.17) is 5.26 Å². The van der Waals surface area contributed by atoms with Crippen molar-refractivity contribution in [1.82, 2.24) is 9.80 Å². The molecule has 21 heavy (non-hydrogen) atoms. The molecule has 1 aromatic rings. The number of benzene rings is 1. The maximum absolute atomic E-state index is 8.95. The van der Waals surface area contributed by atoms with Crippen LogP contribution < -0.4 is 0 Å². The molecule has 0 amide bonds. The first kappa shape index (κ1) is 16.8. The molecule has 0 aromatic heterocycles. The van der Waals surface area contributed by atoms with Gasteiger partial charge in [0.15, 0.2) is 0 Å². The van der Waals surface area contributed by atoms with Crippen LogP contribution >= 0.6 is 0 Å². The van der Waals surface area contributed by atoms with E-state index in [1.165, 1.54) is 5.56 Å². The monoisotopic (exact) mass is 284 g/mol. The van der Waals surface area contributed by atoms with E-state index in [1.807, 2.05) is 12.3 Å². The first-order valence-electron chi connectivity index (χ1n) is 7.38. The average Bonchev–Trinajstić information content (AvgIpc) is 2.53. The van der Waals surface area contributed by atoms with Gasteiger partial charge in [0.05, 0.1) is 0 Å². The molecule has 1 aromatic carbocycles. The lowest BCUT2D eigenvalue weighted by Gasteiger charge is -2.31. The van der Waals surface area contributed by atoms with Gasteiger partial charge in [0, 0.05) is 26.2 Å². The van der Waals surface area contributed by atoms with Gasteiger partial charge in [0.25, 0.3) is 0 Å². The Labute approximate surface area is 128 Å². The largest absolute Gasteiger partial charge is 0.342 e. The molecule has 0 aliphatic carbocycles. The number of rotatable bonds is 6. The van der Waals surface area contributed by atoms with Crippen LogP contribution in [-0.4, -0.2) is 35.4 Å². The summed E-state index contributed by atoms with van der Waals surface area (Å²) < 4.78 is 0. The molecule has 0 bridgehead atoms. The van der Waals surface area contributed by atoms with Crippen LogP contribution in [0, 0.1) is 11.5 Å². The lowest BCUT2D eigenvalue weighted by atomic mass is 10.1. The molecule has 1 rings (SSSR count). The fourth-order valence-electron chi connectivity index (χ4n) is 2.20. The second-order valence-corrected chi connectivity index (χ2v) is 4.64. The summed E-state index contributed by atoms with van der Waals surface area (Å²) in [5, 5.41) is 8.95. The second kappa shape index (κ2) is 8.80. The minimum absolute atomic E-state index is 0.741. The molecule has 0 radical (unpaired) electrons. The van der Waals surface area contributed by atoms with Crippen LogP contribution in [0.3, 0.4) is 0 Å². The maximum Gasteiger partial charge on any atom is 0.212 e. The summed E-state index contributed by atoms with van der Waals surface area (Å²) in [6, 6.07) is 8.28. The molecule has 0 aliphatic rings. The molecule has 4 nitrogen and oxygen atoms in total. The van der Waals surface area contributed by atoms with Crippen molar-refractivity contribution in [3.05, 3.63) is 42.0 Å². The Kier molecular flexibility index (Phi) is 7.03. The third kappa shape index (κ3) is 4.64. The maximum atomic E-state index is 8.95. The smallest absolute Gasteiger partial charge is 0.212 e. The Bertz CT molecular complexity index is 507. The third-order valence-electron chi connectivity index (χ3n) is 3.45. The fourth-order valence-corrected chi connectivity index (χ4v) is 2.20. The van der Waals surface area contributed by atoms with E-state index in [1.54, 1.807) is 0 Å². The van der Waals surface area contributed by atoms with E-state index in [0.717, 1.165) is 37.7 Å². The van der Waals surface area contributed by atoms with Crippen molar-refractivity contribution in [3.8, 4) is 6.19 Å². The Hall–Kier alpha value is -2.28. The molecular weight excluding hydrogens is 260 g/mol. The van der Waals surface area contributed by atoms with Crippen LogP contribution in [0.4, 0.5) is 0 Å². The third-order valence-corrected chi connectivity index (χ3v) is 3.45. The topological polar surface area (TPSA) is 42.6 Å². The lowest BCUT2D eigenvalue weighted by molar-refractivity contribution is 0.336. The summed E-state index contributed by atoms with van der Waals surface area (Å²) in [5.74, 6) is 0.748. The van der Waals surface area contributed by atoms with Gasteiger partial charge in [-0.05, 0) is 31.9 Å². The quantitative estimate of drug-likeness (QED) is 0.457. The van der Waals surface area contributed by atoms with Crippen molar-refractivity contribution in [2.24, 2.45) is 4.99 Å². The predicted molar refractivity (Wildman–Crippen MR) is 88.6 cm³/mol. The minimum Gasteiger partial charge on any atom is -0.342 e. The van der Waals surface area contributed by atoms with Crippen LogP contribution in [-0.2, 0) is 6.54 Å². The van der Waals surface area contributed by atoms with E-state index in [0.29, 0.717) is 0 Å². The van der Waals surface area contributed by atoms with Gasteiger partial charge in [-0.1, -0.05) is 36.9 Å². The van der Waals surface area contributed by atoms with Gasteiger partial charge in [-0.3, -0.25) is 0 Å². The summed E-state index contributed by atoms with van der Waals surface area (Å²) in [6.07, 6.45) is 3.76. The number of hydrogen-bond donors (Lipinski definition) is 0. The van der Waals surface area contributed by atoms with Crippen molar-refractivity contribution in [1.29, 1.82) is 5.26 Å². The van der Waals surface area contributed by atoms with Crippen LogP contribution in [0.25, 0.3) is 6.08 Å². The SMILES string of the molecule is C=Cc1ccc(CN(CC)C(=NC#N)N(CC)CC)cc1. The zero-order valence-electron chi connectivity index (χ0n) is 13.2. The average molecular weight is 284 g/mol. The van der Waals surface area contributed by atoms with Gasteiger partial charge in [0.1, 0.15) is 0 Å². The number of hydrogen-bond acceptors (Lipinski definition) is 2. The Morgan fingerprint density at radius 1 is 1.14 bits per heavy atom. The fraction of sp³-hybridized carbons (Fsp3) is 0.412. The molecule has 0 spiro atoms. The summed E-state index contributed by atoms with van der Waals surface area (Å²) in [5.41, 5.74) is 2.30. The summed E-state index contributed by atoms with van der Waals surface area (Å²) in [7, 11) is 0. The van der Waals surface area contributed by atoms with Crippen LogP contribution in [0.2, 0.25) is 0 Å². The van der Waals surface area contributed by atoms with E-state index in [9.17, 15) is 0 Å². The van der Waals surface area contributed by atoms with Crippen LogP contribution in [0.5, 0.6) is 0 Å². The number of guanidine groups is 1. The highest BCUT2D eigenvalue weighted by molar-refractivity contribution is 5.81. The molecule has 0 saturated carbocycles. The number of aliphatic imine (C=N–C) groups is 1. The van der Waals surface area contributed by atoms with Crippen molar-refractivity contribution in [3.63, 3.8) is 0 Å². The van der Waals surface area contributed by atoms with Crippen molar-refractivity contribution >= 4 is 12.0 Å². The number of nitrogens with zero attached hydrogens (tertiary/aromatic N) is 4. The summed E-state index contributed by atoms with van der Waals surface area (Å²) in [6.45, 7) is 13.2. The summed E-state index contributed by atoms with van der Waals surface area (Å²) >= 11 is 0. The van der Waals surface area contributed by atoms with Crippen LogP contribution in [0.1, 0.15) is 31.9 Å². The number of nitriles is 1. The minimum atomic E-state index is 0.741. The molecule has 0 fully saturated rings. The van der Waals surface area contributed by atoms with Crippen molar-refractivity contribution < 1.29 is 0 Å². The van der Waals surface area contributed by atoms with Crippen molar-refractivity contribution in [2.75, 3.05) is 19.6 Å². The highest BCUT2D eigenvalue weighted by Gasteiger charge is 2.15. The predicted octanol–water partition coefficient (Wildman–Crippen LogP) is 3.33. The molecule has 0 heterocycles. The highest BCUT2D eigenvalue weighted by Crippen LogP contribution is 2.10. The van der Waals surface area contributed by atoms with Crippen molar-refractivity contribution in [2.45, 2.75) is 27.3 Å². The molecule has 0 unspecified atom stereocenters. The molecule has 0 aliphatic heterocycles. The van der Waals surface area contributed by atoms with Gasteiger partial charge in [0.2, 0.25) is 12.2 Å². The van der Waals surface area contributed by atoms with Gasteiger partial charge in [-0.25, -0.2) is 0 Å². The van der Waals surface area contributed by atoms with E-state index < -0.39 is 0 Å². The Morgan fingerprint density at radius 3 is 2.14 bits per heavy atom. The zero-order valence-corrected chi connectivity index (χ0v) is 13.2. The summed E-state index contributed by atoms with van der Waals surface area (Å²) in [4.78, 5) is 8.25. The first-order valence-corrected chi connectivity index (χ1v) is 7.38. The second-order valence-electron chi connectivity index (χ2n) is 4.64. The van der Waals surface area contributed by atoms with Gasteiger partial charge in [-0.2, -0.15) is 5.26 Å². The molecular formula is C17H24N4. The van der Waals surface area contributed by atoms with Gasteiger partial charge < -0.3 is 9.80 Å². The molecule has 0 N–H and O–H groups in total. The molecule has 0 atom stereocenters. The van der Waals surface area contributed by atoms with E-state index >= 15 is 0 Å². The normalized spacial score (nSPS) is 10.9. The molecule has 112 valence electrons.